The van der Waals surface area contributed by atoms with E-state index >= 15 is 0 Å². The Kier molecular flexibility index (Phi) is 5.82. The summed E-state index contributed by atoms with van der Waals surface area (Å²) in [6.07, 6.45) is 0.994. The van der Waals surface area contributed by atoms with Crippen LogP contribution in [0.15, 0.2) is 0 Å². The Balaban J connectivity index is 2.92. The predicted molar refractivity (Wildman–Crippen MR) is 75.0 cm³/mol. The second-order valence-electron chi connectivity index (χ2n) is 4.94. The van der Waals surface area contributed by atoms with Crippen LogP contribution in [0.5, 0.6) is 0 Å². The van der Waals surface area contributed by atoms with Crippen LogP contribution in [0.4, 0.5) is 0 Å². The first-order chi connectivity index (χ1) is 8.52. The molecule has 2 unspecified atom stereocenters. The van der Waals surface area contributed by atoms with E-state index in [1.165, 1.54) is 11.3 Å². The van der Waals surface area contributed by atoms with Gasteiger partial charge in [0.2, 0.25) is 0 Å². The Morgan fingerprint density at radius 3 is 2.56 bits per heavy atom. The molecule has 1 rings (SSSR count). The molecule has 0 aliphatic carbocycles. The highest BCUT2D eigenvalue weighted by Crippen LogP contribution is 2.24. The fraction of sp³-hybridized carbons (Fsp3) is 0.786. The largest absolute Gasteiger partial charge is 0.385 e. The molecule has 0 spiro atoms. The Morgan fingerprint density at radius 1 is 1.33 bits per heavy atom. The summed E-state index contributed by atoms with van der Waals surface area (Å²) in [5, 5.41) is 8.15. The van der Waals surface area contributed by atoms with Crippen molar-refractivity contribution in [1.82, 2.24) is 15.1 Å². The van der Waals surface area contributed by atoms with Gasteiger partial charge in [0.1, 0.15) is 0 Å². The molecule has 0 aliphatic heterocycles. The van der Waals surface area contributed by atoms with Gasteiger partial charge < -0.3 is 10.1 Å². The van der Waals surface area contributed by atoms with Crippen LogP contribution in [0.1, 0.15) is 56.2 Å². The molecule has 18 heavy (non-hydrogen) atoms. The standard InChI is InChI=1S/C14H27N3O/c1-7-15-11(3)14-12(4)16-17(13(14)5)10(2)8-9-18-6/h10-11,15H,7-9H2,1-6H3. The first kappa shape index (κ1) is 15.2. The van der Waals surface area contributed by atoms with E-state index in [9.17, 15) is 0 Å². The van der Waals surface area contributed by atoms with E-state index in [0.717, 1.165) is 25.3 Å². The van der Waals surface area contributed by atoms with Crippen molar-refractivity contribution in [3.63, 3.8) is 0 Å². The third kappa shape index (κ3) is 3.33. The maximum Gasteiger partial charge on any atom is 0.0644 e. The van der Waals surface area contributed by atoms with Crippen LogP contribution in [0.2, 0.25) is 0 Å². The molecule has 0 radical (unpaired) electrons. The molecule has 4 heteroatoms. The quantitative estimate of drug-likeness (QED) is 0.812. The number of hydrogen-bond donors (Lipinski definition) is 1. The van der Waals surface area contributed by atoms with Gasteiger partial charge in [-0.2, -0.15) is 5.10 Å². The van der Waals surface area contributed by atoms with Crippen molar-refractivity contribution in [3.05, 3.63) is 17.0 Å². The lowest BCUT2D eigenvalue weighted by Crippen LogP contribution is -2.19. The van der Waals surface area contributed by atoms with Crippen molar-refractivity contribution < 1.29 is 4.74 Å². The second kappa shape index (κ2) is 6.90. The zero-order valence-electron chi connectivity index (χ0n) is 12.6. The average molecular weight is 253 g/mol. The van der Waals surface area contributed by atoms with Gasteiger partial charge in [-0.25, -0.2) is 0 Å². The van der Waals surface area contributed by atoms with Crippen LogP contribution >= 0.6 is 0 Å². The van der Waals surface area contributed by atoms with Gasteiger partial charge in [0.25, 0.3) is 0 Å². The molecule has 4 nitrogen and oxygen atoms in total. The molecule has 0 aromatic carbocycles. The van der Waals surface area contributed by atoms with Crippen LogP contribution in [0.25, 0.3) is 0 Å². The summed E-state index contributed by atoms with van der Waals surface area (Å²) in [7, 11) is 1.74. The summed E-state index contributed by atoms with van der Waals surface area (Å²) in [4.78, 5) is 0. The summed E-state index contributed by atoms with van der Waals surface area (Å²) >= 11 is 0. The van der Waals surface area contributed by atoms with Crippen LogP contribution in [0, 0.1) is 13.8 Å². The smallest absolute Gasteiger partial charge is 0.0644 e. The van der Waals surface area contributed by atoms with Gasteiger partial charge in [-0.1, -0.05) is 6.92 Å². The van der Waals surface area contributed by atoms with E-state index in [-0.39, 0.29) is 0 Å². The summed E-state index contributed by atoms with van der Waals surface area (Å²) in [5.41, 5.74) is 3.73. The number of aromatic nitrogens is 2. The van der Waals surface area contributed by atoms with Crippen molar-refractivity contribution in [2.24, 2.45) is 0 Å². The number of hydrogen-bond acceptors (Lipinski definition) is 3. The van der Waals surface area contributed by atoms with Crippen LogP contribution in [-0.4, -0.2) is 30.0 Å². The fourth-order valence-electron chi connectivity index (χ4n) is 2.55. The van der Waals surface area contributed by atoms with E-state index < -0.39 is 0 Å². The molecule has 2 atom stereocenters. The minimum atomic E-state index is 0.360. The van der Waals surface area contributed by atoms with Gasteiger partial charge in [-0.05, 0) is 40.7 Å². The van der Waals surface area contributed by atoms with Gasteiger partial charge in [0.15, 0.2) is 0 Å². The summed E-state index contributed by atoms with van der Waals surface area (Å²) < 4.78 is 7.28. The highest BCUT2D eigenvalue weighted by molar-refractivity contribution is 5.28. The predicted octanol–water partition coefficient (Wildman–Crippen LogP) is 2.77. The number of methoxy groups -OCH3 is 1. The lowest BCUT2D eigenvalue weighted by atomic mass is 10.1. The van der Waals surface area contributed by atoms with Crippen molar-refractivity contribution >= 4 is 0 Å². The van der Waals surface area contributed by atoms with Crippen LogP contribution in [0.3, 0.4) is 0 Å². The van der Waals surface area contributed by atoms with E-state index in [2.05, 4.69) is 49.7 Å². The molecule has 104 valence electrons. The monoisotopic (exact) mass is 253 g/mol. The van der Waals surface area contributed by atoms with Gasteiger partial charge in [-0.15, -0.1) is 0 Å². The molecule has 0 fully saturated rings. The molecular weight excluding hydrogens is 226 g/mol. The Labute approximate surface area is 111 Å². The molecule has 0 saturated heterocycles. The van der Waals surface area contributed by atoms with Crippen molar-refractivity contribution in [3.8, 4) is 0 Å². The minimum Gasteiger partial charge on any atom is -0.385 e. The average Bonchev–Trinajstić information content (AvgIpc) is 2.62. The summed E-state index contributed by atoms with van der Waals surface area (Å²) in [6, 6.07) is 0.740. The molecule has 0 saturated carbocycles. The molecule has 0 aliphatic rings. The Hall–Kier alpha value is -0.870. The molecule has 1 heterocycles. The lowest BCUT2D eigenvalue weighted by molar-refractivity contribution is 0.178. The fourth-order valence-corrected chi connectivity index (χ4v) is 2.55. The third-order valence-corrected chi connectivity index (χ3v) is 3.48. The van der Waals surface area contributed by atoms with E-state index in [1.54, 1.807) is 7.11 Å². The SMILES string of the molecule is CCNC(C)c1c(C)nn(C(C)CCOC)c1C. The second-order valence-corrected chi connectivity index (χ2v) is 4.94. The van der Waals surface area contributed by atoms with Gasteiger partial charge in [0, 0.05) is 31.0 Å². The molecule has 1 aromatic heterocycles. The van der Waals surface area contributed by atoms with Crippen LogP contribution < -0.4 is 5.32 Å². The lowest BCUT2D eigenvalue weighted by Gasteiger charge is -2.16. The van der Waals surface area contributed by atoms with Crippen molar-refractivity contribution in [2.75, 3.05) is 20.3 Å². The topological polar surface area (TPSA) is 39.1 Å². The van der Waals surface area contributed by atoms with E-state index in [1.807, 2.05) is 0 Å². The maximum absolute atomic E-state index is 5.14. The molecule has 0 bridgehead atoms. The first-order valence-corrected chi connectivity index (χ1v) is 6.80. The number of nitrogens with one attached hydrogen (secondary N) is 1. The number of rotatable bonds is 7. The molecule has 0 amide bonds. The zero-order valence-corrected chi connectivity index (χ0v) is 12.6. The highest BCUT2D eigenvalue weighted by atomic mass is 16.5. The number of aryl methyl sites for hydroxylation is 1. The molecular formula is C14H27N3O. The summed E-state index contributed by atoms with van der Waals surface area (Å²) in [6.45, 7) is 12.5. The van der Waals surface area contributed by atoms with Gasteiger partial charge in [0.05, 0.1) is 11.7 Å². The molecule has 1 N–H and O–H groups in total. The van der Waals surface area contributed by atoms with Crippen LogP contribution in [-0.2, 0) is 4.74 Å². The van der Waals surface area contributed by atoms with E-state index in [4.69, 9.17) is 4.74 Å². The summed E-state index contributed by atoms with van der Waals surface area (Å²) in [5.74, 6) is 0. The number of ether oxygens (including phenoxy) is 1. The van der Waals surface area contributed by atoms with Crippen molar-refractivity contribution in [2.45, 2.75) is 53.1 Å². The van der Waals surface area contributed by atoms with E-state index in [0.29, 0.717) is 12.1 Å². The molecule has 1 aromatic rings. The third-order valence-electron chi connectivity index (χ3n) is 3.48. The minimum absolute atomic E-state index is 0.360. The first-order valence-electron chi connectivity index (χ1n) is 6.80. The zero-order chi connectivity index (χ0) is 13.7. The normalized spacial score (nSPS) is 14.8. The Bertz CT molecular complexity index is 373. The number of nitrogens with zero attached hydrogens (tertiary/aromatic N) is 2. The van der Waals surface area contributed by atoms with Crippen molar-refractivity contribution in [1.29, 1.82) is 0 Å². The van der Waals surface area contributed by atoms with Gasteiger partial charge in [-0.3, -0.25) is 4.68 Å². The van der Waals surface area contributed by atoms with Gasteiger partial charge >= 0.3 is 0 Å². The Morgan fingerprint density at radius 2 is 2.00 bits per heavy atom. The maximum atomic E-state index is 5.14. The highest BCUT2D eigenvalue weighted by Gasteiger charge is 2.19.